The maximum Gasteiger partial charge on any atom is 0.327 e. The Bertz CT molecular complexity index is 2170. The molecule has 2 rings (SSSR count). The second-order valence-corrected chi connectivity index (χ2v) is 25.0. The van der Waals surface area contributed by atoms with Gasteiger partial charge in [0, 0.05) is 25.4 Å². The third-order valence-corrected chi connectivity index (χ3v) is 12.1. The van der Waals surface area contributed by atoms with Gasteiger partial charge in [-0.3, -0.25) is 53.2 Å². The number of hydrogen-bond donors (Lipinski definition) is 5. The minimum atomic E-state index is -1.75. The first-order valence-electron chi connectivity index (χ1n) is 24.0. The summed E-state index contributed by atoms with van der Waals surface area (Å²) in [5.41, 5.74) is 2.11. The Balaban J connectivity index is 0.00000127. The number of carboxylic acid groups (broad SMARTS) is 1. The largest absolute Gasteiger partial charge is 0.480 e. The highest BCUT2D eigenvalue weighted by molar-refractivity contribution is 6.68. The normalized spacial score (nSPS) is 18.9. The fourth-order valence-electron chi connectivity index (χ4n) is 6.61. The van der Waals surface area contributed by atoms with Gasteiger partial charge in [0.15, 0.2) is 11.2 Å². The van der Waals surface area contributed by atoms with E-state index in [-0.39, 0.29) is 24.7 Å². The summed E-state index contributed by atoms with van der Waals surface area (Å²) < 4.78 is 11.8. The molecule has 8 atom stereocenters. The van der Waals surface area contributed by atoms with Gasteiger partial charge in [0.05, 0.1) is 24.5 Å². The molecule has 2 heterocycles. The molecule has 21 nitrogen and oxygen atoms in total. The topological polar surface area (TPSA) is 304 Å². The second kappa shape index (κ2) is 31.8. The highest BCUT2D eigenvalue weighted by atomic mass is 35.6. The van der Waals surface area contributed by atoms with Crippen LogP contribution < -0.4 is 21.5 Å². The minimum absolute atomic E-state index is 0.0965. The van der Waals surface area contributed by atoms with Crippen LogP contribution >= 0.6 is 69.6 Å². The number of rotatable bonds is 20. The molecule has 0 bridgehead atoms. The predicted octanol–water partition coefficient (Wildman–Crippen LogP) is 6.54. The molecular weight excluding hydrogens is 1120 g/mol. The molecule has 2 aliphatic heterocycles. The smallest absolute Gasteiger partial charge is 0.327 e. The van der Waals surface area contributed by atoms with Gasteiger partial charge in [0.2, 0.25) is 19.4 Å². The number of hydrogen-bond acceptors (Lipinski definition) is 16. The van der Waals surface area contributed by atoms with Crippen molar-refractivity contribution in [2.24, 2.45) is 34.5 Å². The number of carbonyl (C=O) groups excluding carboxylic acids is 8. The van der Waals surface area contributed by atoms with Crippen LogP contribution in [0.25, 0.3) is 0 Å². The van der Waals surface area contributed by atoms with E-state index in [1.165, 1.54) is 43.8 Å². The summed E-state index contributed by atoms with van der Waals surface area (Å²) in [4.78, 5) is 111. The number of ketones is 1. The van der Waals surface area contributed by atoms with Crippen LogP contribution in [0.1, 0.15) is 115 Å². The number of hydrazine groups is 2. The average Bonchev–Trinajstić information content (AvgIpc) is 3.33. The Morgan fingerprint density at radius 3 is 1.29 bits per heavy atom. The summed E-state index contributed by atoms with van der Waals surface area (Å²) >= 11 is 33.6. The van der Waals surface area contributed by atoms with E-state index in [9.17, 15) is 48.4 Å². The van der Waals surface area contributed by atoms with Gasteiger partial charge in [-0.2, -0.15) is 10.5 Å². The van der Waals surface area contributed by atoms with Crippen LogP contribution in [0.15, 0.2) is 25.3 Å². The van der Waals surface area contributed by atoms with Crippen LogP contribution in [0.3, 0.4) is 0 Å². The quantitative estimate of drug-likeness (QED) is 0.0374. The van der Waals surface area contributed by atoms with Crippen LogP contribution in [0.4, 0.5) is 0 Å². The van der Waals surface area contributed by atoms with Crippen molar-refractivity contribution in [3.8, 4) is 12.1 Å². The summed E-state index contributed by atoms with van der Waals surface area (Å²) in [7, 11) is 0. The van der Waals surface area contributed by atoms with Gasteiger partial charge < -0.3 is 30.0 Å². The molecule has 0 radical (unpaired) electrons. The van der Waals surface area contributed by atoms with Crippen LogP contribution in [0, 0.1) is 57.2 Å². The van der Waals surface area contributed by atoms with Crippen molar-refractivity contribution in [3.05, 3.63) is 25.3 Å². The predicted molar refractivity (Wildman–Crippen MR) is 286 cm³/mol. The zero-order valence-electron chi connectivity index (χ0n) is 44.7. The van der Waals surface area contributed by atoms with E-state index in [1.54, 1.807) is 40.7 Å². The first-order valence-corrected chi connectivity index (χ1v) is 26.3. The van der Waals surface area contributed by atoms with Crippen molar-refractivity contribution in [2.45, 2.75) is 152 Å². The lowest BCUT2D eigenvalue weighted by atomic mass is 9.79. The van der Waals surface area contributed by atoms with Gasteiger partial charge in [-0.1, -0.05) is 109 Å². The van der Waals surface area contributed by atoms with E-state index < -0.39 is 127 Å². The van der Waals surface area contributed by atoms with Crippen molar-refractivity contribution in [1.29, 1.82) is 10.5 Å². The molecule has 428 valence electrons. The Morgan fingerprint density at radius 1 is 0.658 bits per heavy atom. The lowest BCUT2D eigenvalue weighted by Crippen LogP contribution is -2.60. The van der Waals surface area contributed by atoms with Crippen LogP contribution in [-0.2, 0) is 57.4 Å². The molecule has 0 aromatic heterocycles. The first-order chi connectivity index (χ1) is 34.7. The number of halogens is 6. The molecule has 0 aromatic rings. The number of alkyl halides is 6. The highest BCUT2D eigenvalue weighted by Crippen LogP contribution is 2.29. The molecular formula is C49H72Cl6N8O13. The number of nitriles is 2. The summed E-state index contributed by atoms with van der Waals surface area (Å²) in [6.07, 6.45) is 4.02. The van der Waals surface area contributed by atoms with Crippen molar-refractivity contribution in [3.63, 3.8) is 0 Å². The van der Waals surface area contributed by atoms with Crippen LogP contribution in [0.2, 0.25) is 0 Å². The third-order valence-electron chi connectivity index (χ3n) is 11.5. The van der Waals surface area contributed by atoms with Crippen molar-refractivity contribution >= 4 is 123 Å². The molecule has 0 aliphatic carbocycles. The van der Waals surface area contributed by atoms with E-state index >= 15 is 0 Å². The summed E-state index contributed by atoms with van der Waals surface area (Å²) in [6.45, 7) is 24.8. The Labute approximate surface area is 475 Å². The number of esters is 3. The number of carboxylic acids is 1. The zero-order chi connectivity index (χ0) is 59.3. The van der Waals surface area contributed by atoms with E-state index in [1.807, 2.05) is 19.9 Å². The minimum Gasteiger partial charge on any atom is -0.480 e. The Kier molecular flexibility index (Phi) is 30.0. The third kappa shape index (κ3) is 25.8. The molecule has 0 aromatic carbocycles. The monoisotopic (exact) mass is 1190 g/mol. The van der Waals surface area contributed by atoms with Gasteiger partial charge in [0.25, 0.3) is 11.8 Å². The van der Waals surface area contributed by atoms with E-state index in [4.69, 9.17) is 94.2 Å². The van der Waals surface area contributed by atoms with Crippen molar-refractivity contribution in [1.82, 2.24) is 31.5 Å². The maximum atomic E-state index is 12.9. The first kappa shape index (κ1) is 71.5. The van der Waals surface area contributed by atoms with Gasteiger partial charge in [-0.15, -0.1) is 13.2 Å². The van der Waals surface area contributed by atoms with Crippen molar-refractivity contribution in [2.75, 3.05) is 26.3 Å². The molecule has 76 heavy (non-hydrogen) atoms. The molecule has 5 N–H and O–H groups in total. The standard InChI is InChI=1S/C22H31Cl3N4O5.C21H34Cl3N3O6.C6H7NO2/c1-6-21(5,11-26)17(30)10-15(13(2)3)18(31)27-14(4)19(32)29-9-7-8-16(28-29)20(33)34-12-22(23,24)25;1-12(2)14(10-16(28)33-20(4,5)6)17(29)25-13(3)18(30)27-9-7-8-15(26-27)19(31)32-11-21(22,23)24;1-3-6(2,4-7)5(8)9/h6,13-16,28H,1,7-10,12H2,2-5H3,(H,27,31);12-15,26H,7-11H2,1-6H3,(H,25,29);3H,1H2,2H3,(H,8,9)/t14-,15-,16-,21?;13-,14-,15-;/m00./s1. The number of carbonyl (C=O) groups is 9. The molecule has 2 aliphatic rings. The zero-order valence-corrected chi connectivity index (χ0v) is 49.2. The van der Waals surface area contributed by atoms with Gasteiger partial charge >= 0.3 is 23.9 Å². The second-order valence-electron chi connectivity index (χ2n) is 20.0. The number of allylic oxidation sites excluding steroid dienone is 1. The molecule has 4 amide bonds. The number of nitrogens with zero attached hydrogens (tertiary/aromatic N) is 4. The number of ether oxygens (including phenoxy) is 3. The SMILES string of the molecule is C=CC(C)(C#N)C(=O)C[C@H](C(=O)N[C@@H](C)C(=O)N1CCC[C@@H](C(=O)OCC(Cl)(Cl)Cl)N1)C(C)C.C=CC(C)(C#N)C(=O)O.CC(C)[C@H](CC(=O)OC(C)(C)C)C(=O)N[C@@H](C)C(=O)N1CCC[C@@H](C(=O)OCC(Cl)(Cl)Cl)N1. The van der Waals surface area contributed by atoms with E-state index in [0.717, 1.165) is 6.08 Å². The molecule has 0 spiro atoms. The Hall–Kier alpha value is -4.45. The maximum absolute atomic E-state index is 12.9. The van der Waals surface area contributed by atoms with E-state index in [2.05, 4.69) is 34.6 Å². The molecule has 2 saturated heterocycles. The summed E-state index contributed by atoms with van der Waals surface area (Å²) in [5, 5.41) is 33.7. The highest BCUT2D eigenvalue weighted by Gasteiger charge is 2.39. The van der Waals surface area contributed by atoms with Gasteiger partial charge in [0.1, 0.15) is 48.4 Å². The number of Topliss-reactive ketones (excluding diaryl/α,β-unsaturated/α-hetero) is 1. The molecule has 0 saturated carbocycles. The molecule has 2 fully saturated rings. The molecule has 2 unspecified atom stereocenters. The van der Waals surface area contributed by atoms with Crippen molar-refractivity contribution < 1.29 is 62.5 Å². The fourth-order valence-corrected chi connectivity index (χ4v) is 6.94. The summed E-state index contributed by atoms with van der Waals surface area (Å²) in [5.74, 6) is -6.95. The number of aliphatic carboxylic acids is 1. The van der Waals surface area contributed by atoms with Crippen LogP contribution in [-0.4, -0.2) is 132 Å². The lowest BCUT2D eigenvalue weighted by molar-refractivity contribution is -0.158. The van der Waals surface area contributed by atoms with E-state index in [0.29, 0.717) is 38.8 Å². The number of nitrogens with one attached hydrogen (secondary N) is 4. The summed E-state index contributed by atoms with van der Waals surface area (Å²) in [6, 6.07) is 0.109. The van der Waals surface area contributed by atoms with Gasteiger partial charge in [-0.25, -0.2) is 10.9 Å². The molecule has 27 heteroatoms. The Morgan fingerprint density at radius 2 is 1.01 bits per heavy atom. The van der Waals surface area contributed by atoms with Gasteiger partial charge in [-0.05, 0) is 86.0 Å². The van der Waals surface area contributed by atoms with Crippen LogP contribution in [0.5, 0.6) is 0 Å². The lowest BCUT2D eigenvalue weighted by Gasteiger charge is -2.34. The fraction of sp³-hybridized carbons (Fsp3) is 0.694. The number of amides is 4. The average molecular weight is 1190 g/mol.